The summed E-state index contributed by atoms with van der Waals surface area (Å²) < 4.78 is 33.8. The van der Waals surface area contributed by atoms with Gasteiger partial charge in [-0.1, -0.05) is 5.16 Å². The third-order valence-electron chi connectivity index (χ3n) is 6.25. The molecule has 1 atom stereocenters. The summed E-state index contributed by atoms with van der Waals surface area (Å²) in [6.07, 6.45) is 0. The van der Waals surface area contributed by atoms with Crippen LogP contribution < -0.4 is 0 Å². The van der Waals surface area contributed by atoms with Crippen molar-refractivity contribution in [3.8, 4) is 0 Å². The lowest BCUT2D eigenvalue weighted by Crippen LogP contribution is -2.49. The third kappa shape index (κ3) is 3.49. The fraction of sp³-hybridized carbons (Fsp3) is 0.600. The molecule has 1 aliphatic heterocycles. The summed E-state index contributed by atoms with van der Waals surface area (Å²) in [5.41, 5.74) is 5.00. The first kappa shape index (κ1) is 21.0. The first-order valence-corrected chi connectivity index (χ1v) is 11.1. The van der Waals surface area contributed by atoms with Crippen molar-refractivity contribution in [1.29, 1.82) is 0 Å². The van der Waals surface area contributed by atoms with Gasteiger partial charge in [-0.3, -0.25) is 4.90 Å². The quantitative estimate of drug-likeness (QED) is 0.777. The zero-order chi connectivity index (χ0) is 20.8. The van der Waals surface area contributed by atoms with Gasteiger partial charge in [0.05, 0.1) is 10.9 Å². The number of sulfonamides is 1. The van der Waals surface area contributed by atoms with Gasteiger partial charge in [0, 0.05) is 26.2 Å². The molecule has 1 aliphatic rings. The highest BCUT2D eigenvalue weighted by Gasteiger charge is 2.34. The van der Waals surface area contributed by atoms with Gasteiger partial charge in [-0.2, -0.15) is 9.29 Å². The largest absolute Gasteiger partial charge is 0.338 e. The SMILES string of the molecule is Cc1noc([C@H](C)N2CCN(S(=O)(=O)c3c(C)c(C)c(C)c(C)c3C)CC2)n1. The number of hydrogen-bond acceptors (Lipinski definition) is 6. The van der Waals surface area contributed by atoms with E-state index in [1.807, 2.05) is 34.6 Å². The molecule has 1 aromatic heterocycles. The lowest BCUT2D eigenvalue weighted by Gasteiger charge is -2.36. The smallest absolute Gasteiger partial charge is 0.243 e. The summed E-state index contributed by atoms with van der Waals surface area (Å²) in [4.78, 5) is 6.96. The Hall–Kier alpha value is -1.77. The summed E-state index contributed by atoms with van der Waals surface area (Å²) in [5, 5.41) is 3.85. The first-order valence-electron chi connectivity index (χ1n) is 9.67. The molecule has 0 spiro atoms. The number of hydrogen-bond donors (Lipinski definition) is 0. The van der Waals surface area contributed by atoms with Crippen molar-refractivity contribution in [3.63, 3.8) is 0 Å². The highest BCUT2D eigenvalue weighted by Crippen LogP contribution is 2.32. The van der Waals surface area contributed by atoms with Crippen LogP contribution in [0, 0.1) is 41.5 Å². The van der Waals surface area contributed by atoms with Crippen LogP contribution in [0.3, 0.4) is 0 Å². The lowest BCUT2D eigenvalue weighted by molar-refractivity contribution is 0.124. The van der Waals surface area contributed by atoms with Crippen molar-refractivity contribution in [3.05, 3.63) is 39.5 Å². The van der Waals surface area contributed by atoms with E-state index in [1.165, 1.54) is 5.56 Å². The van der Waals surface area contributed by atoms with Crippen molar-refractivity contribution in [2.24, 2.45) is 0 Å². The predicted octanol–water partition coefficient (Wildman–Crippen LogP) is 2.99. The molecule has 3 rings (SSSR count). The first-order chi connectivity index (χ1) is 13.1. The van der Waals surface area contributed by atoms with Crippen LogP contribution >= 0.6 is 0 Å². The van der Waals surface area contributed by atoms with E-state index < -0.39 is 10.0 Å². The zero-order valence-corrected chi connectivity index (χ0v) is 18.6. The molecular weight excluding hydrogens is 376 g/mol. The molecule has 0 unspecified atom stereocenters. The standard InChI is InChI=1S/C20H30N4O3S/c1-12-13(2)15(4)19(16(5)14(12)3)28(25,26)24-10-8-23(9-11-24)17(6)20-21-18(7)22-27-20/h17H,8-11H2,1-7H3/t17-/m0/s1. The molecule has 154 valence electrons. The van der Waals surface area contributed by atoms with Crippen LogP contribution in [-0.4, -0.2) is 53.9 Å². The van der Waals surface area contributed by atoms with Crippen LogP contribution in [0.15, 0.2) is 9.42 Å². The molecule has 2 heterocycles. The molecule has 28 heavy (non-hydrogen) atoms. The lowest BCUT2D eigenvalue weighted by atomic mass is 9.95. The molecule has 1 saturated heterocycles. The molecule has 2 aromatic rings. The minimum Gasteiger partial charge on any atom is -0.338 e. The van der Waals surface area contributed by atoms with Gasteiger partial charge in [-0.05, 0) is 76.3 Å². The summed E-state index contributed by atoms with van der Waals surface area (Å²) >= 11 is 0. The molecule has 0 N–H and O–H groups in total. The van der Waals surface area contributed by atoms with Gasteiger partial charge in [-0.25, -0.2) is 8.42 Å². The van der Waals surface area contributed by atoms with E-state index in [0.717, 1.165) is 22.3 Å². The van der Waals surface area contributed by atoms with Crippen molar-refractivity contribution < 1.29 is 12.9 Å². The molecular formula is C20H30N4O3S. The number of aromatic nitrogens is 2. The molecule has 0 bridgehead atoms. The fourth-order valence-electron chi connectivity index (χ4n) is 3.95. The number of benzene rings is 1. The van der Waals surface area contributed by atoms with E-state index in [4.69, 9.17) is 4.52 Å². The van der Waals surface area contributed by atoms with Crippen LogP contribution in [0.2, 0.25) is 0 Å². The van der Waals surface area contributed by atoms with E-state index in [1.54, 1.807) is 11.2 Å². The van der Waals surface area contributed by atoms with Gasteiger partial charge in [0.15, 0.2) is 5.82 Å². The summed E-state index contributed by atoms with van der Waals surface area (Å²) in [5.74, 6) is 1.18. The fourth-order valence-corrected chi connectivity index (χ4v) is 5.93. The summed E-state index contributed by atoms with van der Waals surface area (Å²) in [7, 11) is -3.54. The maximum atomic E-state index is 13.5. The number of nitrogens with zero attached hydrogens (tertiary/aromatic N) is 4. The number of rotatable bonds is 4. The van der Waals surface area contributed by atoms with Crippen LogP contribution in [0.1, 0.15) is 52.5 Å². The maximum absolute atomic E-state index is 13.5. The second-order valence-corrected chi connectivity index (χ2v) is 9.62. The third-order valence-corrected chi connectivity index (χ3v) is 8.42. The topological polar surface area (TPSA) is 79.5 Å². The predicted molar refractivity (Wildman–Crippen MR) is 108 cm³/mol. The second kappa shape index (κ2) is 7.57. The Kier molecular flexibility index (Phi) is 5.67. The Labute approximate surface area is 167 Å². The molecule has 0 saturated carbocycles. The Morgan fingerprint density at radius 1 is 0.857 bits per heavy atom. The number of piperazine rings is 1. The Morgan fingerprint density at radius 3 is 1.82 bits per heavy atom. The van der Waals surface area contributed by atoms with E-state index in [2.05, 4.69) is 22.0 Å². The Morgan fingerprint density at radius 2 is 1.36 bits per heavy atom. The molecule has 1 fully saturated rings. The van der Waals surface area contributed by atoms with E-state index >= 15 is 0 Å². The highest BCUT2D eigenvalue weighted by atomic mass is 32.2. The summed E-state index contributed by atoms with van der Waals surface area (Å²) in [6, 6.07) is -0.0293. The average molecular weight is 407 g/mol. The minimum absolute atomic E-state index is 0.0293. The number of aryl methyl sites for hydroxylation is 1. The van der Waals surface area contributed by atoms with Crippen molar-refractivity contribution in [1.82, 2.24) is 19.3 Å². The normalized spacial score (nSPS) is 17.8. The van der Waals surface area contributed by atoms with E-state index in [0.29, 0.717) is 42.8 Å². The second-order valence-electron chi connectivity index (χ2n) is 7.75. The minimum atomic E-state index is -3.54. The van der Waals surface area contributed by atoms with Crippen molar-refractivity contribution >= 4 is 10.0 Å². The van der Waals surface area contributed by atoms with Crippen LogP contribution in [0.5, 0.6) is 0 Å². The van der Waals surface area contributed by atoms with Crippen LogP contribution in [0.4, 0.5) is 0 Å². The van der Waals surface area contributed by atoms with Gasteiger partial charge in [-0.15, -0.1) is 0 Å². The molecule has 1 aromatic carbocycles. The van der Waals surface area contributed by atoms with Gasteiger partial charge in [0.25, 0.3) is 0 Å². The monoisotopic (exact) mass is 406 g/mol. The maximum Gasteiger partial charge on any atom is 0.243 e. The van der Waals surface area contributed by atoms with Crippen molar-refractivity contribution in [2.75, 3.05) is 26.2 Å². The van der Waals surface area contributed by atoms with E-state index in [9.17, 15) is 8.42 Å². The van der Waals surface area contributed by atoms with Crippen LogP contribution in [-0.2, 0) is 10.0 Å². The Bertz CT molecular complexity index is 960. The van der Waals surface area contributed by atoms with Gasteiger partial charge < -0.3 is 4.52 Å². The van der Waals surface area contributed by atoms with E-state index in [-0.39, 0.29) is 6.04 Å². The van der Waals surface area contributed by atoms with Gasteiger partial charge >= 0.3 is 0 Å². The molecule has 0 radical (unpaired) electrons. The zero-order valence-electron chi connectivity index (χ0n) is 17.8. The van der Waals surface area contributed by atoms with Crippen LogP contribution in [0.25, 0.3) is 0 Å². The Balaban J connectivity index is 1.83. The van der Waals surface area contributed by atoms with Gasteiger partial charge in [0.2, 0.25) is 15.9 Å². The molecule has 7 nitrogen and oxygen atoms in total. The average Bonchev–Trinajstić information content (AvgIpc) is 3.10. The highest BCUT2D eigenvalue weighted by molar-refractivity contribution is 7.89. The molecule has 0 amide bonds. The molecule has 8 heteroatoms. The summed E-state index contributed by atoms with van der Waals surface area (Å²) in [6.45, 7) is 15.8. The molecule has 0 aliphatic carbocycles. The van der Waals surface area contributed by atoms with Gasteiger partial charge in [0.1, 0.15) is 0 Å². The van der Waals surface area contributed by atoms with Crippen molar-refractivity contribution in [2.45, 2.75) is 59.4 Å².